The van der Waals surface area contributed by atoms with E-state index in [0.29, 0.717) is 29.1 Å². The molecular weight excluding hydrogens is 418 g/mol. The minimum Gasteiger partial charge on any atom is -0.493 e. The molecule has 170 valence electrons. The quantitative estimate of drug-likeness (QED) is 0.455. The monoisotopic (exact) mass is 445 g/mol. The minimum absolute atomic E-state index is 0.294. The van der Waals surface area contributed by atoms with E-state index in [1.165, 1.54) is 5.56 Å². The number of aromatic nitrogens is 1. The van der Waals surface area contributed by atoms with Gasteiger partial charge in [-0.3, -0.25) is 4.98 Å². The van der Waals surface area contributed by atoms with Crippen LogP contribution in [0.3, 0.4) is 0 Å². The number of benzene rings is 2. The van der Waals surface area contributed by atoms with Gasteiger partial charge < -0.3 is 29.3 Å². The van der Waals surface area contributed by atoms with Gasteiger partial charge in [-0.15, -0.1) is 0 Å². The second-order valence-electron chi connectivity index (χ2n) is 7.93. The zero-order chi connectivity index (χ0) is 22.8. The summed E-state index contributed by atoms with van der Waals surface area (Å²) >= 11 is 0. The standard InChI is InChI=1S/C26H27N3O4/c1-30-23-12-18(13-24(31-2)26(23)32-3)22-14-20-25(33-22)19(7-8-28-20)16-5-4-6-17(11-16)21-15-27-9-10-29-21/h4-8,11-14,21,27,29H,9-10,15H2,1-3H3. The highest BCUT2D eigenvalue weighted by Crippen LogP contribution is 2.43. The summed E-state index contributed by atoms with van der Waals surface area (Å²) in [6.45, 7) is 2.88. The Hall–Kier alpha value is -3.55. The van der Waals surface area contributed by atoms with Gasteiger partial charge in [0.1, 0.15) is 11.3 Å². The molecule has 0 radical (unpaired) electrons. The van der Waals surface area contributed by atoms with Gasteiger partial charge in [0.15, 0.2) is 17.1 Å². The Labute approximate surface area is 192 Å². The number of fused-ring (bicyclic) bond motifs is 1. The molecule has 4 aromatic rings. The maximum atomic E-state index is 6.36. The third kappa shape index (κ3) is 4.01. The summed E-state index contributed by atoms with van der Waals surface area (Å²) in [5.41, 5.74) is 5.70. The molecule has 1 atom stereocenters. The van der Waals surface area contributed by atoms with Crippen LogP contribution in [0.4, 0.5) is 0 Å². The van der Waals surface area contributed by atoms with Crippen LogP contribution in [0.25, 0.3) is 33.6 Å². The molecule has 2 aromatic heterocycles. The molecule has 33 heavy (non-hydrogen) atoms. The van der Waals surface area contributed by atoms with E-state index in [2.05, 4.69) is 39.9 Å². The van der Waals surface area contributed by atoms with Crippen molar-refractivity contribution in [1.29, 1.82) is 0 Å². The summed E-state index contributed by atoms with van der Waals surface area (Å²) < 4.78 is 22.8. The van der Waals surface area contributed by atoms with Crippen LogP contribution in [-0.4, -0.2) is 45.9 Å². The Kier molecular flexibility index (Phi) is 5.90. The first kappa shape index (κ1) is 21.3. The highest BCUT2D eigenvalue weighted by molar-refractivity contribution is 5.92. The molecule has 0 bridgehead atoms. The fourth-order valence-electron chi connectivity index (χ4n) is 4.34. The molecule has 0 spiro atoms. The molecule has 1 fully saturated rings. The lowest BCUT2D eigenvalue weighted by molar-refractivity contribution is 0.324. The molecule has 1 unspecified atom stereocenters. The Morgan fingerprint density at radius 3 is 2.42 bits per heavy atom. The smallest absolute Gasteiger partial charge is 0.203 e. The average molecular weight is 446 g/mol. The number of pyridine rings is 1. The summed E-state index contributed by atoms with van der Waals surface area (Å²) in [7, 11) is 4.79. The number of hydrogen-bond acceptors (Lipinski definition) is 7. The number of piperazine rings is 1. The van der Waals surface area contributed by atoms with Gasteiger partial charge in [-0.25, -0.2) is 0 Å². The van der Waals surface area contributed by atoms with Crippen LogP contribution in [0.5, 0.6) is 17.2 Å². The van der Waals surface area contributed by atoms with Gasteiger partial charge >= 0.3 is 0 Å². The van der Waals surface area contributed by atoms with Crippen molar-refractivity contribution in [2.75, 3.05) is 41.0 Å². The van der Waals surface area contributed by atoms with Crippen molar-refractivity contribution in [3.63, 3.8) is 0 Å². The largest absolute Gasteiger partial charge is 0.493 e. The number of ether oxygens (including phenoxy) is 3. The van der Waals surface area contributed by atoms with Crippen LogP contribution in [0, 0.1) is 0 Å². The van der Waals surface area contributed by atoms with E-state index in [1.807, 2.05) is 30.5 Å². The Bertz CT molecular complexity index is 1250. The van der Waals surface area contributed by atoms with Crippen molar-refractivity contribution in [3.05, 3.63) is 60.3 Å². The molecule has 1 aliphatic heterocycles. The van der Waals surface area contributed by atoms with E-state index in [4.69, 9.17) is 18.6 Å². The number of furan rings is 1. The van der Waals surface area contributed by atoms with Gasteiger partial charge in [-0.2, -0.15) is 0 Å². The van der Waals surface area contributed by atoms with Crippen molar-refractivity contribution in [2.45, 2.75) is 6.04 Å². The summed E-state index contributed by atoms with van der Waals surface area (Å²) in [6.07, 6.45) is 1.82. The maximum Gasteiger partial charge on any atom is 0.203 e. The molecule has 3 heterocycles. The van der Waals surface area contributed by atoms with Crippen molar-refractivity contribution >= 4 is 11.1 Å². The number of nitrogens with zero attached hydrogens (tertiary/aromatic N) is 1. The van der Waals surface area contributed by atoms with E-state index < -0.39 is 0 Å². The Morgan fingerprint density at radius 1 is 0.909 bits per heavy atom. The summed E-state index contributed by atoms with van der Waals surface area (Å²) in [5.74, 6) is 2.36. The molecule has 2 N–H and O–H groups in total. The lowest BCUT2D eigenvalue weighted by Gasteiger charge is -2.25. The van der Waals surface area contributed by atoms with Gasteiger partial charge in [-0.05, 0) is 35.4 Å². The normalized spacial score (nSPS) is 16.0. The predicted molar refractivity (Wildman–Crippen MR) is 128 cm³/mol. The van der Waals surface area contributed by atoms with Gasteiger partial charge in [0, 0.05) is 49.1 Å². The molecule has 7 heteroatoms. The summed E-state index contributed by atoms with van der Waals surface area (Å²) in [6, 6.07) is 16.6. The van der Waals surface area contributed by atoms with Gasteiger partial charge in [-0.1, -0.05) is 18.2 Å². The van der Waals surface area contributed by atoms with E-state index in [1.54, 1.807) is 21.3 Å². The van der Waals surface area contributed by atoms with Gasteiger partial charge in [0.2, 0.25) is 5.75 Å². The Balaban J connectivity index is 1.58. The second kappa shape index (κ2) is 9.13. The molecule has 1 aliphatic rings. The molecule has 0 amide bonds. The molecular formula is C26H27N3O4. The van der Waals surface area contributed by atoms with E-state index in [0.717, 1.165) is 47.4 Å². The number of rotatable bonds is 6. The first-order chi connectivity index (χ1) is 16.2. The van der Waals surface area contributed by atoms with Crippen LogP contribution in [0.15, 0.2) is 59.1 Å². The molecule has 5 rings (SSSR count). The van der Waals surface area contributed by atoms with Crippen LogP contribution in [0.2, 0.25) is 0 Å². The highest BCUT2D eigenvalue weighted by Gasteiger charge is 2.19. The number of hydrogen-bond donors (Lipinski definition) is 2. The van der Waals surface area contributed by atoms with Crippen molar-refractivity contribution < 1.29 is 18.6 Å². The average Bonchev–Trinajstić information content (AvgIpc) is 3.33. The highest BCUT2D eigenvalue weighted by atomic mass is 16.5. The predicted octanol–water partition coefficient (Wildman–Crippen LogP) is 4.42. The lowest BCUT2D eigenvalue weighted by Crippen LogP contribution is -2.42. The van der Waals surface area contributed by atoms with Crippen LogP contribution >= 0.6 is 0 Å². The molecule has 1 saturated heterocycles. The molecule has 0 aliphatic carbocycles. The van der Waals surface area contributed by atoms with E-state index in [-0.39, 0.29) is 0 Å². The number of nitrogens with one attached hydrogen (secondary N) is 2. The van der Waals surface area contributed by atoms with Gasteiger partial charge in [0.05, 0.1) is 21.3 Å². The maximum absolute atomic E-state index is 6.36. The molecule has 2 aromatic carbocycles. The van der Waals surface area contributed by atoms with Crippen molar-refractivity contribution in [1.82, 2.24) is 15.6 Å². The van der Waals surface area contributed by atoms with Crippen LogP contribution < -0.4 is 24.8 Å². The summed E-state index contributed by atoms with van der Waals surface area (Å²) in [5, 5.41) is 7.03. The van der Waals surface area contributed by atoms with E-state index in [9.17, 15) is 0 Å². The van der Waals surface area contributed by atoms with Crippen molar-refractivity contribution in [3.8, 4) is 39.7 Å². The first-order valence-electron chi connectivity index (χ1n) is 10.9. The van der Waals surface area contributed by atoms with Crippen LogP contribution in [0.1, 0.15) is 11.6 Å². The zero-order valence-corrected chi connectivity index (χ0v) is 19.0. The van der Waals surface area contributed by atoms with Gasteiger partial charge in [0.25, 0.3) is 0 Å². The molecule has 7 nitrogen and oxygen atoms in total. The zero-order valence-electron chi connectivity index (χ0n) is 19.0. The fourth-order valence-corrected chi connectivity index (χ4v) is 4.34. The van der Waals surface area contributed by atoms with Crippen molar-refractivity contribution in [2.24, 2.45) is 0 Å². The summed E-state index contributed by atoms with van der Waals surface area (Å²) in [4.78, 5) is 4.54. The SMILES string of the molecule is COc1cc(-c2cc3nccc(-c4cccc(C5CNCCN5)c4)c3o2)cc(OC)c1OC. The second-order valence-corrected chi connectivity index (χ2v) is 7.93. The van der Waals surface area contributed by atoms with E-state index >= 15 is 0 Å². The fraction of sp³-hybridized carbons (Fsp3) is 0.269. The minimum atomic E-state index is 0.294. The van der Waals surface area contributed by atoms with Crippen LogP contribution in [-0.2, 0) is 0 Å². The lowest BCUT2D eigenvalue weighted by atomic mass is 9.99. The third-order valence-corrected chi connectivity index (χ3v) is 6.00. The number of methoxy groups -OCH3 is 3. The Morgan fingerprint density at radius 2 is 1.73 bits per heavy atom. The topological polar surface area (TPSA) is 77.8 Å². The first-order valence-corrected chi connectivity index (χ1v) is 10.9. The third-order valence-electron chi connectivity index (χ3n) is 6.00. The molecule has 0 saturated carbocycles.